The summed E-state index contributed by atoms with van der Waals surface area (Å²) >= 11 is 15.0. The Kier molecular flexibility index (Phi) is 4.93. The van der Waals surface area contributed by atoms with Gasteiger partial charge in [0, 0.05) is 21.5 Å². The summed E-state index contributed by atoms with van der Waals surface area (Å²) in [6.07, 6.45) is 0.0616. The Balaban J connectivity index is 2.42. The van der Waals surface area contributed by atoms with Gasteiger partial charge in [0.25, 0.3) is 0 Å². The molecule has 0 amide bonds. The first kappa shape index (κ1) is 16.7. The largest absolute Gasteiger partial charge is 0.385 e. The van der Waals surface area contributed by atoms with Crippen LogP contribution in [0.2, 0.25) is 10.0 Å². The van der Waals surface area contributed by atoms with Crippen LogP contribution in [0.3, 0.4) is 0 Å². The number of benzene rings is 2. The zero-order valence-corrected chi connectivity index (χ0v) is 14.0. The van der Waals surface area contributed by atoms with Gasteiger partial charge in [0.1, 0.15) is 11.6 Å². The lowest BCUT2D eigenvalue weighted by atomic mass is 9.89. The van der Waals surface area contributed by atoms with Crippen LogP contribution in [0.5, 0.6) is 0 Å². The van der Waals surface area contributed by atoms with Crippen molar-refractivity contribution in [3.63, 3.8) is 0 Å². The molecule has 0 saturated heterocycles. The monoisotopic (exact) mass is 394 g/mol. The fraction of sp³-hybridized carbons (Fsp3) is 0.200. The number of rotatable bonds is 3. The maximum atomic E-state index is 13.6. The van der Waals surface area contributed by atoms with E-state index in [-0.39, 0.29) is 22.0 Å². The van der Waals surface area contributed by atoms with Crippen molar-refractivity contribution in [2.24, 2.45) is 0 Å². The van der Waals surface area contributed by atoms with Crippen LogP contribution in [-0.2, 0) is 12.0 Å². The summed E-state index contributed by atoms with van der Waals surface area (Å²) in [4.78, 5) is 0. The van der Waals surface area contributed by atoms with Gasteiger partial charge >= 0.3 is 0 Å². The molecule has 1 atom stereocenters. The minimum Gasteiger partial charge on any atom is -0.385 e. The van der Waals surface area contributed by atoms with E-state index in [1.165, 1.54) is 25.1 Å². The molecule has 0 aliphatic heterocycles. The van der Waals surface area contributed by atoms with Crippen molar-refractivity contribution in [1.29, 1.82) is 0 Å². The van der Waals surface area contributed by atoms with Gasteiger partial charge in [0.05, 0.1) is 10.6 Å². The third-order valence-electron chi connectivity index (χ3n) is 3.13. The summed E-state index contributed by atoms with van der Waals surface area (Å²) in [6, 6.07) is 6.49. The highest BCUT2D eigenvalue weighted by Gasteiger charge is 2.28. The molecule has 21 heavy (non-hydrogen) atoms. The number of hydrogen-bond donors (Lipinski definition) is 1. The summed E-state index contributed by atoms with van der Waals surface area (Å²) < 4.78 is 27.6. The topological polar surface area (TPSA) is 20.2 Å². The highest BCUT2D eigenvalue weighted by Crippen LogP contribution is 2.35. The number of halogens is 5. The van der Waals surface area contributed by atoms with E-state index in [4.69, 9.17) is 23.2 Å². The molecule has 0 aliphatic carbocycles. The zero-order chi connectivity index (χ0) is 15.8. The summed E-state index contributed by atoms with van der Waals surface area (Å²) in [5.74, 6) is -1.09. The molecule has 0 bridgehead atoms. The minimum atomic E-state index is -1.47. The second-order valence-corrected chi connectivity index (χ2v) is 6.60. The van der Waals surface area contributed by atoms with Crippen LogP contribution in [0.4, 0.5) is 8.78 Å². The Morgan fingerprint density at radius 3 is 2.48 bits per heavy atom. The molecule has 6 heteroatoms. The molecule has 112 valence electrons. The van der Waals surface area contributed by atoms with E-state index < -0.39 is 17.2 Å². The molecular weight excluding hydrogens is 385 g/mol. The minimum absolute atomic E-state index is 0.0616. The van der Waals surface area contributed by atoms with Crippen LogP contribution in [0, 0.1) is 11.6 Å². The Morgan fingerprint density at radius 1 is 1.14 bits per heavy atom. The van der Waals surface area contributed by atoms with Crippen LogP contribution in [-0.4, -0.2) is 5.11 Å². The first-order valence-electron chi connectivity index (χ1n) is 6.02. The van der Waals surface area contributed by atoms with Crippen molar-refractivity contribution in [3.05, 3.63) is 67.6 Å². The van der Waals surface area contributed by atoms with Crippen LogP contribution in [0.1, 0.15) is 18.1 Å². The molecule has 2 rings (SSSR count). The van der Waals surface area contributed by atoms with Gasteiger partial charge in [-0.1, -0.05) is 39.1 Å². The van der Waals surface area contributed by atoms with Gasteiger partial charge in [0.2, 0.25) is 0 Å². The third kappa shape index (κ3) is 3.75. The first-order valence-corrected chi connectivity index (χ1v) is 7.57. The molecule has 0 heterocycles. The average molecular weight is 396 g/mol. The molecular formula is C15H11BrCl2F2O. The maximum Gasteiger partial charge on any atom is 0.142 e. The molecule has 1 N–H and O–H groups in total. The summed E-state index contributed by atoms with van der Waals surface area (Å²) in [6.45, 7) is 1.49. The Labute approximate surface area is 139 Å². The van der Waals surface area contributed by atoms with Gasteiger partial charge in [-0.05, 0) is 42.8 Å². The lowest BCUT2D eigenvalue weighted by molar-refractivity contribution is 0.0572. The molecule has 2 aromatic rings. The summed E-state index contributed by atoms with van der Waals surface area (Å²) in [7, 11) is 0. The van der Waals surface area contributed by atoms with Crippen molar-refractivity contribution >= 4 is 39.1 Å². The van der Waals surface area contributed by atoms with Crippen molar-refractivity contribution in [2.75, 3.05) is 0 Å². The van der Waals surface area contributed by atoms with Crippen molar-refractivity contribution in [3.8, 4) is 0 Å². The highest BCUT2D eigenvalue weighted by molar-refractivity contribution is 9.10. The van der Waals surface area contributed by atoms with Crippen molar-refractivity contribution in [2.45, 2.75) is 18.9 Å². The molecule has 0 aromatic heterocycles. The van der Waals surface area contributed by atoms with Crippen LogP contribution < -0.4 is 0 Å². The molecule has 1 unspecified atom stereocenters. The van der Waals surface area contributed by atoms with E-state index in [0.717, 1.165) is 6.07 Å². The van der Waals surface area contributed by atoms with Gasteiger partial charge in [-0.15, -0.1) is 0 Å². The zero-order valence-electron chi connectivity index (χ0n) is 10.9. The smallest absolute Gasteiger partial charge is 0.142 e. The van der Waals surface area contributed by atoms with E-state index in [9.17, 15) is 13.9 Å². The highest BCUT2D eigenvalue weighted by atomic mass is 79.9. The first-order chi connectivity index (χ1) is 9.70. The van der Waals surface area contributed by atoms with E-state index in [0.29, 0.717) is 10.0 Å². The van der Waals surface area contributed by atoms with Gasteiger partial charge in [-0.3, -0.25) is 0 Å². The van der Waals surface area contributed by atoms with Gasteiger partial charge in [-0.25, -0.2) is 8.78 Å². The quantitative estimate of drug-likeness (QED) is 0.681. The Hall–Kier alpha value is -0.680. The molecule has 0 saturated carbocycles. The predicted octanol–water partition coefficient (Wildman–Crippen LogP) is 5.48. The standard InChI is InChI=1S/C15H11BrCl2F2O/c1-15(21,7-8-4-9(19)2-3-11(8)16)10-5-14(20)13(18)6-12(10)17/h2-6,21H,7H2,1H3. The van der Waals surface area contributed by atoms with Crippen LogP contribution in [0.25, 0.3) is 0 Å². The fourth-order valence-electron chi connectivity index (χ4n) is 2.08. The Morgan fingerprint density at radius 2 is 1.81 bits per heavy atom. The number of hydrogen-bond acceptors (Lipinski definition) is 1. The molecule has 2 aromatic carbocycles. The molecule has 0 radical (unpaired) electrons. The summed E-state index contributed by atoms with van der Waals surface area (Å²) in [5.41, 5.74) is -0.729. The Bertz CT molecular complexity index is 690. The van der Waals surface area contributed by atoms with E-state index in [1.54, 1.807) is 6.07 Å². The van der Waals surface area contributed by atoms with Gasteiger partial charge in [-0.2, -0.15) is 0 Å². The van der Waals surface area contributed by atoms with Gasteiger partial charge < -0.3 is 5.11 Å². The van der Waals surface area contributed by atoms with Crippen LogP contribution in [0.15, 0.2) is 34.8 Å². The van der Waals surface area contributed by atoms with Crippen molar-refractivity contribution in [1.82, 2.24) is 0 Å². The molecule has 0 fully saturated rings. The van der Waals surface area contributed by atoms with E-state index in [1.807, 2.05) is 0 Å². The second-order valence-electron chi connectivity index (χ2n) is 4.93. The SMILES string of the molecule is CC(O)(Cc1cc(F)ccc1Br)c1cc(F)c(Cl)cc1Cl. The van der Waals surface area contributed by atoms with Crippen molar-refractivity contribution < 1.29 is 13.9 Å². The number of aliphatic hydroxyl groups is 1. The lowest BCUT2D eigenvalue weighted by Crippen LogP contribution is -2.25. The lowest BCUT2D eigenvalue weighted by Gasteiger charge is -2.26. The third-order valence-corrected chi connectivity index (χ3v) is 4.51. The molecule has 0 spiro atoms. The molecule has 0 aliphatic rings. The second kappa shape index (κ2) is 6.21. The average Bonchev–Trinajstić information content (AvgIpc) is 2.37. The van der Waals surface area contributed by atoms with E-state index in [2.05, 4.69) is 15.9 Å². The van der Waals surface area contributed by atoms with E-state index >= 15 is 0 Å². The van der Waals surface area contributed by atoms with Gasteiger partial charge in [0.15, 0.2) is 0 Å². The summed E-state index contributed by atoms with van der Waals surface area (Å²) in [5, 5.41) is 10.6. The fourth-order valence-corrected chi connectivity index (χ4v) is 3.05. The maximum absolute atomic E-state index is 13.6. The molecule has 1 nitrogen and oxygen atoms in total. The normalized spacial score (nSPS) is 14.0. The predicted molar refractivity (Wildman–Crippen MR) is 83.8 cm³/mol. The van der Waals surface area contributed by atoms with Crippen LogP contribution >= 0.6 is 39.1 Å².